The molecule has 2 N–H and O–H groups in total. The molecule has 0 aromatic heterocycles. The minimum Gasteiger partial charge on any atom is -0.508 e. The molecule has 0 bridgehead atoms. The number of benzene rings is 1. The summed E-state index contributed by atoms with van der Waals surface area (Å²) in [5.74, 6) is -0.336. The second-order valence-corrected chi connectivity index (χ2v) is 5.80. The Hall–Kier alpha value is -2.08. The van der Waals surface area contributed by atoms with E-state index in [0.29, 0.717) is 18.8 Å². The van der Waals surface area contributed by atoms with Gasteiger partial charge in [0.1, 0.15) is 5.75 Å². The Labute approximate surface area is 129 Å². The van der Waals surface area contributed by atoms with Crippen LogP contribution in [0, 0.1) is 5.92 Å². The van der Waals surface area contributed by atoms with E-state index in [1.54, 1.807) is 17.0 Å². The van der Waals surface area contributed by atoms with Crippen LogP contribution in [0.15, 0.2) is 24.3 Å². The van der Waals surface area contributed by atoms with E-state index in [9.17, 15) is 14.7 Å². The van der Waals surface area contributed by atoms with Gasteiger partial charge in [0.15, 0.2) is 0 Å². The molecule has 0 saturated carbocycles. The Morgan fingerprint density at radius 1 is 1.36 bits per heavy atom. The van der Waals surface area contributed by atoms with Crippen molar-refractivity contribution in [2.45, 2.75) is 25.4 Å². The lowest BCUT2D eigenvalue weighted by Crippen LogP contribution is -2.37. The molecule has 2 aliphatic heterocycles. The summed E-state index contributed by atoms with van der Waals surface area (Å²) in [6.07, 6.45) is 2.34. The van der Waals surface area contributed by atoms with Crippen LogP contribution in [0.3, 0.4) is 0 Å². The molecule has 2 atom stereocenters. The van der Waals surface area contributed by atoms with E-state index in [0.717, 1.165) is 19.4 Å². The third-order valence-electron chi connectivity index (χ3n) is 4.19. The van der Waals surface area contributed by atoms with E-state index in [1.807, 2.05) is 0 Å². The molecule has 0 spiro atoms. The molecule has 1 aromatic carbocycles. The minimum atomic E-state index is -0.331. The van der Waals surface area contributed by atoms with Gasteiger partial charge in [-0.3, -0.25) is 9.59 Å². The van der Waals surface area contributed by atoms with Gasteiger partial charge in [0, 0.05) is 31.8 Å². The smallest absolute Gasteiger partial charge is 0.227 e. The van der Waals surface area contributed by atoms with Crippen molar-refractivity contribution in [1.29, 1.82) is 0 Å². The number of rotatable bonds is 4. The van der Waals surface area contributed by atoms with Crippen LogP contribution in [0.2, 0.25) is 0 Å². The summed E-state index contributed by atoms with van der Waals surface area (Å²) < 4.78 is 5.47. The fourth-order valence-corrected chi connectivity index (χ4v) is 2.93. The van der Waals surface area contributed by atoms with E-state index in [4.69, 9.17) is 4.74 Å². The molecule has 22 heavy (non-hydrogen) atoms. The lowest BCUT2D eigenvalue weighted by atomic mass is 10.1. The fraction of sp³-hybridized carbons (Fsp3) is 0.500. The first-order chi connectivity index (χ1) is 10.6. The molecule has 0 radical (unpaired) electrons. The van der Waals surface area contributed by atoms with Crippen LogP contribution in [0.5, 0.6) is 5.75 Å². The quantitative estimate of drug-likeness (QED) is 0.871. The predicted molar refractivity (Wildman–Crippen MR) is 80.6 cm³/mol. The molecule has 118 valence electrons. The van der Waals surface area contributed by atoms with Crippen molar-refractivity contribution in [3.8, 4) is 5.75 Å². The summed E-state index contributed by atoms with van der Waals surface area (Å²) in [6.45, 7) is 1.65. The topological polar surface area (TPSA) is 78.9 Å². The number of ether oxygens (including phenoxy) is 1. The van der Waals surface area contributed by atoms with Crippen LogP contribution in [0.25, 0.3) is 0 Å². The van der Waals surface area contributed by atoms with Gasteiger partial charge in [-0.05, 0) is 37.1 Å². The number of amides is 2. The van der Waals surface area contributed by atoms with E-state index in [1.165, 1.54) is 12.1 Å². The van der Waals surface area contributed by atoms with Crippen molar-refractivity contribution in [1.82, 2.24) is 5.32 Å². The van der Waals surface area contributed by atoms with Gasteiger partial charge in [-0.25, -0.2) is 0 Å². The van der Waals surface area contributed by atoms with Crippen LogP contribution < -0.4 is 10.2 Å². The molecule has 2 amide bonds. The highest BCUT2D eigenvalue weighted by molar-refractivity contribution is 6.00. The SMILES string of the molecule is O=C(NCC1CCCO1)C1CC(=O)N(c2ccc(O)cc2)C1. The number of nitrogens with zero attached hydrogens (tertiary/aromatic N) is 1. The summed E-state index contributed by atoms with van der Waals surface area (Å²) in [5, 5.41) is 12.2. The minimum absolute atomic E-state index is 0.0667. The van der Waals surface area contributed by atoms with Crippen LogP contribution in [-0.4, -0.2) is 42.7 Å². The van der Waals surface area contributed by atoms with E-state index in [-0.39, 0.29) is 36.0 Å². The van der Waals surface area contributed by atoms with Crippen LogP contribution in [0.4, 0.5) is 5.69 Å². The third-order valence-corrected chi connectivity index (χ3v) is 4.19. The van der Waals surface area contributed by atoms with Crippen molar-refractivity contribution in [2.24, 2.45) is 5.92 Å². The second-order valence-electron chi connectivity index (χ2n) is 5.80. The number of hydrogen-bond acceptors (Lipinski definition) is 4. The van der Waals surface area contributed by atoms with Crippen molar-refractivity contribution >= 4 is 17.5 Å². The molecule has 2 heterocycles. The van der Waals surface area contributed by atoms with E-state index >= 15 is 0 Å². The number of aromatic hydroxyl groups is 1. The summed E-state index contributed by atoms with van der Waals surface area (Å²) in [5.41, 5.74) is 0.706. The Balaban J connectivity index is 1.56. The molecule has 1 aromatic rings. The number of phenolic OH excluding ortho intramolecular Hbond substituents is 1. The largest absolute Gasteiger partial charge is 0.508 e. The molecule has 6 nitrogen and oxygen atoms in total. The van der Waals surface area contributed by atoms with Gasteiger partial charge in [0.05, 0.1) is 12.0 Å². The third kappa shape index (κ3) is 3.22. The molecule has 2 aliphatic rings. The Bertz CT molecular complexity index is 552. The van der Waals surface area contributed by atoms with Gasteiger partial charge in [0.25, 0.3) is 0 Å². The van der Waals surface area contributed by atoms with Crippen LogP contribution >= 0.6 is 0 Å². The maximum atomic E-state index is 12.2. The maximum Gasteiger partial charge on any atom is 0.227 e. The number of carbonyl (C=O) groups excluding carboxylic acids is 2. The normalized spacial score (nSPS) is 24.7. The zero-order chi connectivity index (χ0) is 15.5. The summed E-state index contributed by atoms with van der Waals surface area (Å²) in [7, 11) is 0. The summed E-state index contributed by atoms with van der Waals surface area (Å²) in [4.78, 5) is 25.9. The lowest BCUT2D eigenvalue weighted by molar-refractivity contribution is -0.126. The number of phenols is 1. The Kier molecular flexibility index (Phi) is 4.29. The van der Waals surface area contributed by atoms with Gasteiger partial charge in [-0.1, -0.05) is 0 Å². The second kappa shape index (κ2) is 6.36. The number of carbonyl (C=O) groups is 2. The predicted octanol–water partition coefficient (Wildman–Crippen LogP) is 1.04. The first-order valence-corrected chi connectivity index (χ1v) is 7.62. The Morgan fingerprint density at radius 2 is 2.14 bits per heavy atom. The average Bonchev–Trinajstić information content (AvgIpc) is 3.15. The van der Waals surface area contributed by atoms with Gasteiger partial charge in [-0.15, -0.1) is 0 Å². The maximum absolute atomic E-state index is 12.2. The monoisotopic (exact) mass is 304 g/mol. The van der Waals surface area contributed by atoms with Crippen molar-refractivity contribution in [2.75, 3.05) is 24.6 Å². The highest BCUT2D eigenvalue weighted by atomic mass is 16.5. The standard InChI is InChI=1S/C16H20N2O4/c19-13-5-3-12(4-6-13)18-10-11(8-15(18)20)16(21)17-9-14-2-1-7-22-14/h3-6,11,14,19H,1-2,7-10H2,(H,17,21). The van der Waals surface area contributed by atoms with Gasteiger partial charge >= 0.3 is 0 Å². The van der Waals surface area contributed by atoms with Crippen molar-refractivity contribution in [3.05, 3.63) is 24.3 Å². The lowest BCUT2D eigenvalue weighted by Gasteiger charge is -2.17. The van der Waals surface area contributed by atoms with Crippen LogP contribution in [-0.2, 0) is 14.3 Å². The highest BCUT2D eigenvalue weighted by Gasteiger charge is 2.35. The molecular formula is C16H20N2O4. The molecule has 2 unspecified atom stereocenters. The van der Waals surface area contributed by atoms with Crippen molar-refractivity contribution < 1.29 is 19.4 Å². The summed E-state index contributed by atoms with van der Waals surface area (Å²) in [6, 6.07) is 6.43. The van der Waals surface area contributed by atoms with Gasteiger partial charge in [-0.2, -0.15) is 0 Å². The van der Waals surface area contributed by atoms with Crippen molar-refractivity contribution in [3.63, 3.8) is 0 Å². The fourth-order valence-electron chi connectivity index (χ4n) is 2.93. The zero-order valence-corrected chi connectivity index (χ0v) is 12.3. The van der Waals surface area contributed by atoms with E-state index in [2.05, 4.69) is 5.32 Å². The molecule has 2 fully saturated rings. The molecule has 2 saturated heterocycles. The first kappa shape index (κ1) is 14.8. The first-order valence-electron chi connectivity index (χ1n) is 7.62. The summed E-state index contributed by atoms with van der Waals surface area (Å²) >= 11 is 0. The zero-order valence-electron chi connectivity index (χ0n) is 12.3. The molecule has 3 rings (SSSR count). The molecule has 6 heteroatoms. The van der Waals surface area contributed by atoms with Crippen LogP contribution in [0.1, 0.15) is 19.3 Å². The number of hydrogen-bond donors (Lipinski definition) is 2. The van der Waals surface area contributed by atoms with Gasteiger partial charge in [0.2, 0.25) is 11.8 Å². The molecular weight excluding hydrogens is 284 g/mol. The number of anilines is 1. The highest BCUT2D eigenvalue weighted by Crippen LogP contribution is 2.26. The number of nitrogens with one attached hydrogen (secondary N) is 1. The average molecular weight is 304 g/mol. The Morgan fingerprint density at radius 3 is 2.82 bits per heavy atom. The van der Waals surface area contributed by atoms with Gasteiger partial charge < -0.3 is 20.1 Å². The molecule has 0 aliphatic carbocycles. The van der Waals surface area contributed by atoms with E-state index < -0.39 is 0 Å².